The molecule has 1 aromatic heterocycles. The summed E-state index contributed by atoms with van der Waals surface area (Å²) in [4.78, 5) is 17.8. The second kappa shape index (κ2) is 7.52. The summed E-state index contributed by atoms with van der Waals surface area (Å²) in [6.45, 7) is 1.36. The molecular formula is C16H14F6N4O2. The number of aliphatic imine (C=N–C) groups is 1. The molecule has 0 fully saturated rings. The van der Waals surface area contributed by atoms with Crippen LogP contribution >= 0.6 is 0 Å². The molecule has 0 unspecified atom stereocenters. The lowest BCUT2D eigenvalue weighted by molar-refractivity contribution is -0.140. The first-order valence-corrected chi connectivity index (χ1v) is 7.60. The Morgan fingerprint density at radius 3 is 2.32 bits per heavy atom. The van der Waals surface area contributed by atoms with Gasteiger partial charge in [0.2, 0.25) is 0 Å². The Hall–Kier alpha value is -3.05. The summed E-state index contributed by atoms with van der Waals surface area (Å²) in [6.07, 6.45) is -10.8. The van der Waals surface area contributed by atoms with Gasteiger partial charge in [-0.25, -0.2) is 9.78 Å². The predicted octanol–water partition coefficient (Wildman–Crippen LogP) is 3.81. The van der Waals surface area contributed by atoms with Crippen molar-refractivity contribution in [2.75, 3.05) is 7.05 Å². The predicted molar refractivity (Wildman–Crippen MR) is 86.2 cm³/mol. The van der Waals surface area contributed by atoms with Crippen molar-refractivity contribution in [3.63, 3.8) is 0 Å². The number of amides is 1. The van der Waals surface area contributed by atoms with E-state index in [1.54, 1.807) is 0 Å². The molecule has 0 spiro atoms. The smallest absolute Gasteiger partial charge is 0.434 e. The number of hydrogen-bond acceptors (Lipinski definition) is 4. The fourth-order valence-corrected chi connectivity index (χ4v) is 2.52. The topological polar surface area (TPSA) is 82.5 Å². The lowest BCUT2D eigenvalue weighted by Crippen LogP contribution is -2.28. The number of nitrogens with two attached hydrogens (primary N) is 1. The van der Waals surface area contributed by atoms with Gasteiger partial charge in [0, 0.05) is 18.8 Å². The van der Waals surface area contributed by atoms with Crippen LogP contribution in [0.3, 0.4) is 0 Å². The number of ether oxygens (including phenoxy) is 1. The summed E-state index contributed by atoms with van der Waals surface area (Å²) in [5.74, 6) is 0. The van der Waals surface area contributed by atoms with Crippen molar-refractivity contribution in [2.24, 2.45) is 10.7 Å². The number of halogens is 6. The third-order valence-corrected chi connectivity index (χ3v) is 3.67. The number of alkyl halides is 6. The number of benzene rings is 1. The minimum Gasteiger partial charge on any atom is -0.440 e. The van der Waals surface area contributed by atoms with Crippen molar-refractivity contribution in [2.45, 2.75) is 25.4 Å². The van der Waals surface area contributed by atoms with Crippen LogP contribution in [-0.4, -0.2) is 34.5 Å². The molecule has 0 bridgehead atoms. The van der Waals surface area contributed by atoms with Gasteiger partial charge in [0.25, 0.3) is 0 Å². The molecule has 2 aromatic rings. The number of hydrogen-bond donors (Lipinski definition) is 1. The molecule has 0 aliphatic heterocycles. The highest BCUT2D eigenvalue weighted by atomic mass is 19.4. The van der Waals surface area contributed by atoms with Gasteiger partial charge in [0.1, 0.15) is 6.10 Å². The SMILES string of the molecule is CN=C(c1ccc(-n2cnc(C(F)(F)F)c2)c(C(F)(F)F)c1)[C@H](C)OC(N)=O. The van der Waals surface area contributed by atoms with Crippen LogP contribution in [0.5, 0.6) is 0 Å². The van der Waals surface area contributed by atoms with Crippen molar-refractivity contribution in [3.05, 3.63) is 47.5 Å². The maximum Gasteiger partial charge on any atom is 0.434 e. The standard InChI is InChI=1S/C16H14F6N4O2/c1-8(28-14(23)27)13(24-2)9-3-4-11(10(5-9)15(17,18)19)26-6-12(25-7-26)16(20,21)22/h3-8H,1-2H3,(H2,23,27)/t8-/m0/s1. The van der Waals surface area contributed by atoms with Gasteiger partial charge < -0.3 is 15.0 Å². The number of nitrogens with zero attached hydrogens (tertiary/aromatic N) is 3. The van der Waals surface area contributed by atoms with E-state index in [2.05, 4.69) is 9.98 Å². The lowest BCUT2D eigenvalue weighted by atomic mass is 10.0. The first-order chi connectivity index (χ1) is 12.8. The monoisotopic (exact) mass is 408 g/mol. The number of aromatic nitrogens is 2. The first-order valence-electron chi connectivity index (χ1n) is 7.60. The zero-order valence-corrected chi connectivity index (χ0v) is 14.5. The largest absolute Gasteiger partial charge is 0.440 e. The summed E-state index contributed by atoms with van der Waals surface area (Å²) < 4.78 is 84.0. The molecule has 2 N–H and O–H groups in total. The molecule has 0 saturated carbocycles. The van der Waals surface area contributed by atoms with E-state index in [0.29, 0.717) is 23.2 Å². The summed E-state index contributed by atoms with van der Waals surface area (Å²) in [5, 5.41) is 0. The highest BCUT2D eigenvalue weighted by Crippen LogP contribution is 2.36. The molecule has 1 aromatic carbocycles. The summed E-state index contributed by atoms with van der Waals surface area (Å²) in [6, 6.07) is 2.88. The molecule has 152 valence electrons. The molecule has 0 aliphatic rings. The molecule has 28 heavy (non-hydrogen) atoms. The van der Waals surface area contributed by atoms with Crippen LogP contribution in [0.2, 0.25) is 0 Å². The molecule has 0 saturated heterocycles. The minimum absolute atomic E-state index is 0.00235. The average Bonchev–Trinajstić information content (AvgIpc) is 3.04. The molecule has 12 heteroatoms. The third-order valence-electron chi connectivity index (χ3n) is 3.67. The van der Waals surface area contributed by atoms with Gasteiger partial charge in [-0.2, -0.15) is 26.3 Å². The second-order valence-electron chi connectivity index (χ2n) is 5.58. The number of imidazole rings is 1. The van der Waals surface area contributed by atoms with Crippen molar-refractivity contribution in [3.8, 4) is 5.69 Å². The van der Waals surface area contributed by atoms with Crippen LogP contribution in [0.15, 0.2) is 35.7 Å². The Labute approximate surface area is 154 Å². The van der Waals surface area contributed by atoms with Crippen LogP contribution in [0.1, 0.15) is 23.7 Å². The molecule has 1 atom stereocenters. The quantitative estimate of drug-likeness (QED) is 0.617. The molecular weight excluding hydrogens is 394 g/mol. The highest BCUT2D eigenvalue weighted by Gasteiger charge is 2.37. The van der Waals surface area contributed by atoms with Gasteiger partial charge in [-0.1, -0.05) is 6.07 Å². The van der Waals surface area contributed by atoms with Crippen molar-refractivity contribution in [1.82, 2.24) is 9.55 Å². The Bertz CT molecular complexity index is 901. The van der Waals surface area contributed by atoms with Crippen LogP contribution in [0, 0.1) is 0 Å². The summed E-state index contributed by atoms with van der Waals surface area (Å²) in [5.41, 5.74) is 1.76. The van der Waals surface area contributed by atoms with Crippen LogP contribution in [0.4, 0.5) is 31.1 Å². The van der Waals surface area contributed by atoms with E-state index < -0.39 is 41.5 Å². The van der Waals surface area contributed by atoms with Crippen molar-refractivity contribution < 1.29 is 35.9 Å². The molecule has 6 nitrogen and oxygen atoms in total. The number of carbonyl (C=O) groups is 1. The normalized spacial score (nSPS) is 14.1. The molecule has 0 radical (unpaired) electrons. The van der Waals surface area contributed by atoms with Crippen LogP contribution < -0.4 is 5.73 Å². The van der Waals surface area contributed by atoms with Crippen molar-refractivity contribution in [1.29, 1.82) is 0 Å². The van der Waals surface area contributed by atoms with Gasteiger partial charge in [0.05, 0.1) is 23.3 Å². The van der Waals surface area contributed by atoms with Crippen LogP contribution in [0.25, 0.3) is 5.69 Å². The zero-order chi connectivity index (χ0) is 21.3. The number of carbonyl (C=O) groups excluding carboxylic acids is 1. The van der Waals surface area contributed by atoms with Gasteiger partial charge in [-0.3, -0.25) is 4.99 Å². The first kappa shape index (κ1) is 21.3. The second-order valence-corrected chi connectivity index (χ2v) is 5.58. The van der Waals surface area contributed by atoms with Crippen molar-refractivity contribution >= 4 is 11.8 Å². The van der Waals surface area contributed by atoms with E-state index >= 15 is 0 Å². The van der Waals surface area contributed by atoms with E-state index in [4.69, 9.17) is 10.5 Å². The Morgan fingerprint density at radius 1 is 1.21 bits per heavy atom. The van der Waals surface area contributed by atoms with Gasteiger partial charge in [-0.15, -0.1) is 0 Å². The molecule has 1 amide bonds. The maximum absolute atomic E-state index is 13.5. The third kappa shape index (κ3) is 4.61. The molecule has 1 heterocycles. The van der Waals surface area contributed by atoms with Gasteiger partial charge in [0.15, 0.2) is 5.69 Å². The molecule has 0 aliphatic carbocycles. The number of primary amides is 1. The van der Waals surface area contributed by atoms with E-state index in [-0.39, 0.29) is 11.3 Å². The Balaban J connectivity index is 2.56. The van der Waals surface area contributed by atoms with Crippen LogP contribution in [-0.2, 0) is 17.1 Å². The lowest BCUT2D eigenvalue weighted by Gasteiger charge is -2.18. The maximum atomic E-state index is 13.5. The Morgan fingerprint density at radius 2 is 1.86 bits per heavy atom. The van der Waals surface area contributed by atoms with E-state index in [1.165, 1.54) is 20.0 Å². The van der Waals surface area contributed by atoms with Gasteiger partial charge in [-0.05, 0) is 19.1 Å². The average molecular weight is 408 g/mol. The van der Waals surface area contributed by atoms with E-state index in [1.807, 2.05) is 0 Å². The fourth-order valence-electron chi connectivity index (χ4n) is 2.52. The van der Waals surface area contributed by atoms with E-state index in [9.17, 15) is 31.1 Å². The van der Waals surface area contributed by atoms with Gasteiger partial charge >= 0.3 is 18.4 Å². The summed E-state index contributed by atoms with van der Waals surface area (Å²) in [7, 11) is 1.28. The molecule has 2 rings (SSSR count). The number of rotatable bonds is 4. The zero-order valence-electron chi connectivity index (χ0n) is 14.5. The highest BCUT2D eigenvalue weighted by molar-refractivity contribution is 6.04. The van der Waals surface area contributed by atoms with E-state index in [0.717, 1.165) is 6.07 Å². The fraction of sp³-hybridized carbons (Fsp3) is 0.312. The minimum atomic E-state index is -4.89. The Kier molecular flexibility index (Phi) is 5.71. The summed E-state index contributed by atoms with van der Waals surface area (Å²) >= 11 is 0.